The number of rotatable bonds is 2. The molecule has 20 heavy (non-hydrogen) atoms. The largest absolute Gasteiger partial charge is 0.370 e. The van der Waals surface area contributed by atoms with E-state index >= 15 is 0 Å². The number of alkyl halides is 1. The van der Waals surface area contributed by atoms with Crippen LogP contribution in [-0.4, -0.2) is 13.1 Å². The molecule has 0 saturated carbocycles. The molecule has 1 aliphatic rings. The Hall–Kier alpha value is -1.18. The second kappa shape index (κ2) is 6.07. The normalized spacial score (nSPS) is 14.8. The SMILES string of the molecule is ClCc1ccc(N2CCc3ccccc3CC2)c(Cl)c1. The molecule has 2 aromatic rings. The maximum absolute atomic E-state index is 6.41. The molecule has 0 aliphatic carbocycles. The van der Waals surface area contributed by atoms with E-state index in [1.54, 1.807) is 0 Å². The number of hydrogen-bond donors (Lipinski definition) is 0. The highest BCUT2D eigenvalue weighted by Crippen LogP contribution is 2.29. The fourth-order valence-corrected chi connectivity index (χ4v) is 3.29. The standard InChI is InChI=1S/C17H17Cl2N/c18-12-13-5-6-17(16(19)11-13)20-9-7-14-3-1-2-4-15(14)8-10-20/h1-6,11H,7-10,12H2. The van der Waals surface area contributed by atoms with Gasteiger partial charge in [-0.05, 0) is 41.7 Å². The summed E-state index contributed by atoms with van der Waals surface area (Å²) in [7, 11) is 0. The first-order valence-corrected chi connectivity index (χ1v) is 7.85. The molecule has 0 spiro atoms. The van der Waals surface area contributed by atoms with Gasteiger partial charge in [-0.15, -0.1) is 11.6 Å². The number of halogens is 2. The van der Waals surface area contributed by atoms with Gasteiger partial charge in [0.1, 0.15) is 0 Å². The minimum atomic E-state index is 0.505. The number of hydrogen-bond acceptors (Lipinski definition) is 1. The van der Waals surface area contributed by atoms with E-state index < -0.39 is 0 Å². The molecule has 2 aromatic carbocycles. The molecule has 0 fully saturated rings. The van der Waals surface area contributed by atoms with Crippen LogP contribution in [0.25, 0.3) is 0 Å². The summed E-state index contributed by atoms with van der Waals surface area (Å²) >= 11 is 12.3. The molecule has 3 heteroatoms. The van der Waals surface area contributed by atoms with E-state index in [1.807, 2.05) is 6.07 Å². The first-order valence-electron chi connectivity index (χ1n) is 6.94. The Kier molecular flexibility index (Phi) is 4.18. The van der Waals surface area contributed by atoms with Gasteiger partial charge in [0.05, 0.1) is 10.7 Å². The minimum absolute atomic E-state index is 0.505. The molecule has 0 aromatic heterocycles. The van der Waals surface area contributed by atoms with Crippen molar-refractivity contribution in [2.45, 2.75) is 18.7 Å². The Morgan fingerprint density at radius 3 is 2.15 bits per heavy atom. The number of benzene rings is 2. The van der Waals surface area contributed by atoms with Crippen LogP contribution in [0.15, 0.2) is 42.5 Å². The summed E-state index contributed by atoms with van der Waals surface area (Å²) in [6, 6.07) is 14.8. The number of nitrogens with zero attached hydrogens (tertiary/aromatic N) is 1. The van der Waals surface area contributed by atoms with Crippen molar-refractivity contribution in [2.75, 3.05) is 18.0 Å². The zero-order chi connectivity index (χ0) is 13.9. The second-order valence-electron chi connectivity index (χ2n) is 5.18. The summed E-state index contributed by atoms with van der Waals surface area (Å²) in [4.78, 5) is 2.38. The van der Waals surface area contributed by atoms with Crippen molar-refractivity contribution in [2.24, 2.45) is 0 Å². The molecule has 0 radical (unpaired) electrons. The minimum Gasteiger partial charge on any atom is -0.370 e. The third-order valence-electron chi connectivity index (χ3n) is 3.93. The molecule has 0 amide bonds. The fraction of sp³-hybridized carbons (Fsp3) is 0.294. The van der Waals surface area contributed by atoms with Crippen LogP contribution in [0.2, 0.25) is 5.02 Å². The van der Waals surface area contributed by atoms with Crippen LogP contribution in [-0.2, 0) is 18.7 Å². The lowest BCUT2D eigenvalue weighted by Gasteiger charge is -2.24. The van der Waals surface area contributed by atoms with Crippen molar-refractivity contribution in [3.63, 3.8) is 0 Å². The van der Waals surface area contributed by atoms with Gasteiger partial charge in [0.15, 0.2) is 0 Å². The zero-order valence-corrected chi connectivity index (χ0v) is 12.8. The predicted molar refractivity (Wildman–Crippen MR) is 87.1 cm³/mol. The molecule has 1 nitrogen and oxygen atoms in total. The highest BCUT2D eigenvalue weighted by Gasteiger charge is 2.16. The lowest BCUT2D eigenvalue weighted by molar-refractivity contribution is 0.806. The van der Waals surface area contributed by atoms with Crippen LogP contribution >= 0.6 is 23.2 Å². The van der Waals surface area contributed by atoms with Crippen molar-refractivity contribution in [3.8, 4) is 0 Å². The van der Waals surface area contributed by atoms with Gasteiger partial charge in [-0.3, -0.25) is 0 Å². The molecule has 0 unspecified atom stereocenters. The van der Waals surface area contributed by atoms with Crippen LogP contribution in [0, 0.1) is 0 Å². The summed E-state index contributed by atoms with van der Waals surface area (Å²) in [5, 5.41) is 0.800. The molecule has 104 valence electrons. The summed E-state index contributed by atoms with van der Waals surface area (Å²) in [5.41, 5.74) is 5.11. The maximum Gasteiger partial charge on any atom is 0.0642 e. The third-order valence-corrected chi connectivity index (χ3v) is 4.54. The highest BCUT2D eigenvalue weighted by molar-refractivity contribution is 6.33. The quantitative estimate of drug-likeness (QED) is 0.728. The van der Waals surface area contributed by atoms with Crippen molar-refractivity contribution in [1.29, 1.82) is 0 Å². The molecule has 1 aliphatic heterocycles. The van der Waals surface area contributed by atoms with Gasteiger partial charge in [-0.2, -0.15) is 0 Å². The summed E-state index contributed by atoms with van der Waals surface area (Å²) in [6.07, 6.45) is 2.15. The van der Waals surface area contributed by atoms with Crippen LogP contribution in [0.1, 0.15) is 16.7 Å². The van der Waals surface area contributed by atoms with E-state index in [2.05, 4.69) is 41.3 Å². The molecule has 0 saturated heterocycles. The summed E-state index contributed by atoms with van der Waals surface area (Å²) in [6.45, 7) is 2.02. The molecule has 0 atom stereocenters. The van der Waals surface area contributed by atoms with E-state index in [-0.39, 0.29) is 0 Å². The van der Waals surface area contributed by atoms with E-state index in [0.29, 0.717) is 5.88 Å². The molecular weight excluding hydrogens is 289 g/mol. The number of fused-ring (bicyclic) bond motifs is 1. The van der Waals surface area contributed by atoms with Crippen molar-refractivity contribution in [3.05, 3.63) is 64.2 Å². The van der Waals surface area contributed by atoms with Crippen LogP contribution in [0.3, 0.4) is 0 Å². The first kappa shape index (κ1) is 13.8. The smallest absolute Gasteiger partial charge is 0.0642 e. The molecule has 0 N–H and O–H groups in total. The molecule has 1 heterocycles. The Labute approximate surface area is 130 Å². The number of anilines is 1. The van der Waals surface area contributed by atoms with Gasteiger partial charge >= 0.3 is 0 Å². The monoisotopic (exact) mass is 305 g/mol. The van der Waals surface area contributed by atoms with E-state index in [0.717, 1.165) is 42.2 Å². The van der Waals surface area contributed by atoms with Crippen LogP contribution < -0.4 is 4.90 Å². The van der Waals surface area contributed by atoms with Gasteiger partial charge < -0.3 is 4.90 Å². The van der Waals surface area contributed by atoms with Crippen LogP contribution in [0.5, 0.6) is 0 Å². The Balaban J connectivity index is 1.83. The van der Waals surface area contributed by atoms with E-state index in [4.69, 9.17) is 23.2 Å². The molecule has 3 rings (SSSR count). The average molecular weight is 306 g/mol. The average Bonchev–Trinajstić information content (AvgIpc) is 2.70. The van der Waals surface area contributed by atoms with Gasteiger partial charge in [0.2, 0.25) is 0 Å². The lowest BCUT2D eigenvalue weighted by atomic mass is 10.0. The molecular formula is C17H17Cl2N. The van der Waals surface area contributed by atoms with Gasteiger partial charge in [0.25, 0.3) is 0 Å². The lowest BCUT2D eigenvalue weighted by Crippen LogP contribution is -2.26. The fourth-order valence-electron chi connectivity index (χ4n) is 2.80. The van der Waals surface area contributed by atoms with Crippen molar-refractivity contribution < 1.29 is 0 Å². The predicted octanol–water partition coefficient (Wildman–Crippen LogP) is 4.68. The Morgan fingerprint density at radius 1 is 0.950 bits per heavy atom. The Morgan fingerprint density at radius 2 is 1.60 bits per heavy atom. The first-order chi connectivity index (χ1) is 9.78. The van der Waals surface area contributed by atoms with Gasteiger partial charge in [-0.25, -0.2) is 0 Å². The Bertz CT molecular complexity index is 583. The zero-order valence-electron chi connectivity index (χ0n) is 11.3. The van der Waals surface area contributed by atoms with E-state index in [9.17, 15) is 0 Å². The summed E-state index contributed by atoms with van der Waals surface area (Å²) < 4.78 is 0. The topological polar surface area (TPSA) is 3.24 Å². The van der Waals surface area contributed by atoms with Gasteiger partial charge in [0, 0.05) is 19.0 Å². The third kappa shape index (κ3) is 2.79. The van der Waals surface area contributed by atoms with E-state index in [1.165, 1.54) is 11.1 Å². The molecule has 0 bridgehead atoms. The van der Waals surface area contributed by atoms with Gasteiger partial charge in [-0.1, -0.05) is 41.9 Å². The van der Waals surface area contributed by atoms with Crippen molar-refractivity contribution >= 4 is 28.9 Å². The summed E-state index contributed by atoms with van der Waals surface area (Å²) in [5.74, 6) is 0.505. The highest BCUT2D eigenvalue weighted by atomic mass is 35.5. The van der Waals surface area contributed by atoms with Crippen molar-refractivity contribution in [1.82, 2.24) is 0 Å². The van der Waals surface area contributed by atoms with Crippen LogP contribution in [0.4, 0.5) is 5.69 Å². The second-order valence-corrected chi connectivity index (χ2v) is 5.85. The maximum atomic E-state index is 6.41.